The maximum absolute atomic E-state index is 12.8. The van der Waals surface area contributed by atoms with E-state index in [1.165, 1.54) is 12.1 Å². The van der Waals surface area contributed by atoms with E-state index >= 15 is 0 Å². The Morgan fingerprint density at radius 3 is 2.43 bits per heavy atom. The normalized spacial score (nSPS) is 20.0. The van der Waals surface area contributed by atoms with E-state index in [4.69, 9.17) is 9.47 Å². The minimum absolute atomic E-state index is 0.134. The number of rotatable bonds is 6. The Hall–Kier alpha value is -2.04. The fraction of sp³-hybridized carbons (Fsp3) is 0.571. The number of nitrogens with one attached hydrogen (secondary N) is 1. The molecule has 0 radical (unpaired) electrons. The number of hydrogen-bond acceptors (Lipinski definition) is 5. The first-order chi connectivity index (χ1) is 13.1. The van der Waals surface area contributed by atoms with E-state index < -0.39 is 27.6 Å². The van der Waals surface area contributed by atoms with Crippen molar-refractivity contribution in [1.29, 1.82) is 0 Å². The molecule has 0 aromatic heterocycles. The fourth-order valence-electron chi connectivity index (χ4n) is 3.11. The molecule has 7 heteroatoms. The summed E-state index contributed by atoms with van der Waals surface area (Å²) in [4.78, 5) is 12.7. The number of benzene rings is 1. The smallest absolute Gasteiger partial charge is 0.311 e. The zero-order chi connectivity index (χ0) is 20.8. The predicted molar refractivity (Wildman–Crippen MR) is 107 cm³/mol. The minimum atomic E-state index is -3.75. The summed E-state index contributed by atoms with van der Waals surface area (Å²) in [5.41, 5.74) is -0.601. The van der Waals surface area contributed by atoms with Gasteiger partial charge in [-0.2, -0.15) is 0 Å². The third kappa shape index (κ3) is 6.54. The first kappa shape index (κ1) is 22.3. The standard InChI is InChI=1S/C21H29NO5S/c1-5-6-15-26-16-11-13-17(14-12-16)28(24,25)22-19-10-8-7-9-18(19)20(23)27-21(2,3)4/h11-14,18-19,22H,7-10,15H2,1-4H3/t18-,19+/m1/s1. The lowest BCUT2D eigenvalue weighted by Crippen LogP contribution is -2.46. The summed E-state index contributed by atoms with van der Waals surface area (Å²) in [7, 11) is -3.75. The molecule has 1 saturated carbocycles. The summed E-state index contributed by atoms with van der Waals surface area (Å²) in [6.45, 7) is 7.40. The van der Waals surface area contributed by atoms with Gasteiger partial charge in [-0.15, -0.1) is 5.92 Å². The van der Waals surface area contributed by atoms with Crippen LogP contribution in [-0.2, 0) is 19.6 Å². The molecule has 1 aliphatic carbocycles. The number of sulfonamides is 1. The SMILES string of the molecule is CC#CCOc1ccc(S(=O)(=O)N[C@H]2CCCC[C@H]2C(=O)OC(C)(C)C)cc1. The first-order valence-corrected chi connectivity index (χ1v) is 11.0. The summed E-state index contributed by atoms with van der Waals surface area (Å²) in [5.74, 6) is 5.23. The average Bonchev–Trinajstić information content (AvgIpc) is 2.61. The molecule has 1 fully saturated rings. The van der Waals surface area contributed by atoms with Gasteiger partial charge in [0.25, 0.3) is 0 Å². The van der Waals surface area contributed by atoms with Crippen LogP contribution in [0, 0.1) is 17.8 Å². The van der Waals surface area contributed by atoms with Gasteiger partial charge in [0.15, 0.2) is 0 Å². The molecule has 2 atom stereocenters. The second kappa shape index (κ2) is 9.44. The Morgan fingerprint density at radius 1 is 1.18 bits per heavy atom. The van der Waals surface area contributed by atoms with Crippen molar-refractivity contribution in [1.82, 2.24) is 4.72 Å². The molecule has 2 rings (SSSR count). The molecule has 0 saturated heterocycles. The molecule has 154 valence electrons. The van der Waals surface area contributed by atoms with Gasteiger partial charge in [-0.1, -0.05) is 18.8 Å². The first-order valence-electron chi connectivity index (χ1n) is 9.50. The van der Waals surface area contributed by atoms with E-state index in [-0.39, 0.29) is 17.5 Å². The third-order valence-corrected chi connectivity index (χ3v) is 5.91. The Balaban J connectivity index is 2.09. The van der Waals surface area contributed by atoms with Gasteiger partial charge in [-0.3, -0.25) is 4.79 Å². The molecule has 0 bridgehead atoms. The van der Waals surface area contributed by atoms with E-state index in [2.05, 4.69) is 16.6 Å². The van der Waals surface area contributed by atoms with Crippen molar-refractivity contribution in [2.75, 3.05) is 6.61 Å². The number of hydrogen-bond donors (Lipinski definition) is 1. The summed E-state index contributed by atoms with van der Waals surface area (Å²) in [5, 5.41) is 0. The van der Waals surface area contributed by atoms with Crippen molar-refractivity contribution >= 4 is 16.0 Å². The van der Waals surface area contributed by atoms with Crippen molar-refractivity contribution in [3.63, 3.8) is 0 Å². The zero-order valence-corrected chi connectivity index (χ0v) is 17.8. The lowest BCUT2D eigenvalue weighted by Gasteiger charge is -2.32. The quantitative estimate of drug-likeness (QED) is 0.578. The second-order valence-corrected chi connectivity index (χ2v) is 9.55. The highest BCUT2D eigenvalue weighted by molar-refractivity contribution is 7.89. The van der Waals surface area contributed by atoms with Crippen LogP contribution in [0.4, 0.5) is 0 Å². The van der Waals surface area contributed by atoms with Gasteiger partial charge in [-0.25, -0.2) is 13.1 Å². The predicted octanol–water partition coefficient (Wildman–Crippen LogP) is 3.27. The topological polar surface area (TPSA) is 81.7 Å². The molecular formula is C21H29NO5S. The Kier molecular flexibility index (Phi) is 7.50. The molecule has 1 aliphatic rings. The number of carbonyl (C=O) groups excluding carboxylic acids is 1. The van der Waals surface area contributed by atoms with Gasteiger partial charge in [0.1, 0.15) is 18.0 Å². The molecule has 28 heavy (non-hydrogen) atoms. The van der Waals surface area contributed by atoms with Crippen LogP contribution in [0.5, 0.6) is 5.75 Å². The Morgan fingerprint density at radius 2 is 1.82 bits per heavy atom. The van der Waals surface area contributed by atoms with Crippen LogP contribution in [0.15, 0.2) is 29.2 Å². The zero-order valence-electron chi connectivity index (χ0n) is 16.9. The van der Waals surface area contributed by atoms with Crippen molar-refractivity contribution in [2.45, 2.75) is 69.9 Å². The second-order valence-electron chi connectivity index (χ2n) is 7.84. The monoisotopic (exact) mass is 407 g/mol. The summed E-state index contributed by atoms with van der Waals surface area (Å²) in [6.07, 6.45) is 2.99. The minimum Gasteiger partial charge on any atom is -0.481 e. The van der Waals surface area contributed by atoms with E-state index in [1.807, 2.05) is 20.8 Å². The van der Waals surface area contributed by atoms with Gasteiger partial charge in [-0.05, 0) is 64.8 Å². The van der Waals surface area contributed by atoms with Gasteiger partial charge in [0.05, 0.1) is 10.8 Å². The molecule has 0 spiro atoms. The van der Waals surface area contributed by atoms with Crippen LogP contribution in [0.3, 0.4) is 0 Å². The van der Waals surface area contributed by atoms with Gasteiger partial charge < -0.3 is 9.47 Å². The van der Waals surface area contributed by atoms with E-state index in [1.54, 1.807) is 19.1 Å². The Labute approximate surface area is 168 Å². The lowest BCUT2D eigenvalue weighted by atomic mass is 9.85. The number of ether oxygens (including phenoxy) is 2. The van der Waals surface area contributed by atoms with Crippen LogP contribution >= 0.6 is 0 Å². The molecule has 0 amide bonds. The van der Waals surface area contributed by atoms with Crippen molar-refractivity contribution in [2.24, 2.45) is 5.92 Å². The molecule has 1 aromatic rings. The number of esters is 1. The molecule has 1 aromatic carbocycles. The highest BCUT2D eigenvalue weighted by Gasteiger charge is 2.36. The highest BCUT2D eigenvalue weighted by atomic mass is 32.2. The summed E-state index contributed by atoms with van der Waals surface area (Å²) < 4.78 is 39.2. The maximum atomic E-state index is 12.8. The molecule has 6 nitrogen and oxygen atoms in total. The molecule has 1 N–H and O–H groups in total. The van der Waals surface area contributed by atoms with Crippen molar-refractivity contribution < 1.29 is 22.7 Å². The average molecular weight is 408 g/mol. The van der Waals surface area contributed by atoms with Crippen LogP contribution in [0.25, 0.3) is 0 Å². The van der Waals surface area contributed by atoms with E-state index in [0.717, 1.165) is 12.8 Å². The molecular weight excluding hydrogens is 378 g/mol. The van der Waals surface area contributed by atoms with Gasteiger partial charge in [0, 0.05) is 6.04 Å². The Bertz CT molecular complexity index is 828. The fourth-order valence-corrected chi connectivity index (χ4v) is 4.42. The van der Waals surface area contributed by atoms with Crippen LogP contribution < -0.4 is 9.46 Å². The highest BCUT2D eigenvalue weighted by Crippen LogP contribution is 2.28. The summed E-state index contributed by atoms with van der Waals surface area (Å²) in [6, 6.07) is 5.70. The van der Waals surface area contributed by atoms with E-state index in [0.29, 0.717) is 18.6 Å². The lowest BCUT2D eigenvalue weighted by molar-refractivity contribution is -0.161. The molecule has 0 heterocycles. The van der Waals surface area contributed by atoms with Crippen molar-refractivity contribution in [3.8, 4) is 17.6 Å². The third-order valence-electron chi connectivity index (χ3n) is 4.40. The van der Waals surface area contributed by atoms with Crippen LogP contribution in [-0.4, -0.2) is 32.6 Å². The van der Waals surface area contributed by atoms with Gasteiger partial charge in [0.2, 0.25) is 10.0 Å². The summed E-state index contributed by atoms with van der Waals surface area (Å²) >= 11 is 0. The van der Waals surface area contributed by atoms with Gasteiger partial charge >= 0.3 is 5.97 Å². The van der Waals surface area contributed by atoms with Crippen LogP contribution in [0.1, 0.15) is 53.4 Å². The van der Waals surface area contributed by atoms with E-state index in [9.17, 15) is 13.2 Å². The molecule has 0 unspecified atom stereocenters. The van der Waals surface area contributed by atoms with Crippen LogP contribution in [0.2, 0.25) is 0 Å². The molecule has 0 aliphatic heterocycles. The van der Waals surface area contributed by atoms with Crippen molar-refractivity contribution in [3.05, 3.63) is 24.3 Å². The number of carbonyl (C=O) groups is 1. The maximum Gasteiger partial charge on any atom is 0.311 e. The largest absolute Gasteiger partial charge is 0.481 e.